The minimum atomic E-state index is -0.569. The van der Waals surface area contributed by atoms with E-state index in [4.69, 9.17) is 5.11 Å². The number of aliphatic hydroxyl groups excluding tert-OH is 1. The third kappa shape index (κ3) is 3.91. The zero-order valence-electron chi connectivity index (χ0n) is 18.9. The van der Waals surface area contributed by atoms with Gasteiger partial charge in [-0.2, -0.15) is 0 Å². The molecule has 3 aromatic heterocycles. The molecule has 0 saturated carbocycles. The average Bonchev–Trinajstić information content (AvgIpc) is 3.07. The van der Waals surface area contributed by atoms with Gasteiger partial charge in [0, 0.05) is 32.8 Å². The lowest BCUT2D eigenvalue weighted by Gasteiger charge is -2.22. The normalized spacial score (nSPS) is 15.3. The Bertz CT molecular complexity index is 1450. The summed E-state index contributed by atoms with van der Waals surface area (Å²) in [5.74, 6) is -0.879. The van der Waals surface area contributed by atoms with Gasteiger partial charge in [-0.15, -0.1) is 11.3 Å². The molecule has 1 fully saturated rings. The number of halogens is 1. The SMILES string of the molecule is CN1CCCN(c2nc3c(cc2F)c(=O)c(C(=O)NCCCO)c2sc4ccccc4n23)CC1. The predicted octanol–water partition coefficient (Wildman–Crippen LogP) is 2.46. The van der Waals surface area contributed by atoms with Crippen LogP contribution in [0.3, 0.4) is 0 Å². The van der Waals surface area contributed by atoms with Gasteiger partial charge < -0.3 is 20.2 Å². The lowest BCUT2D eigenvalue weighted by molar-refractivity contribution is 0.0952. The predicted molar refractivity (Wildman–Crippen MR) is 133 cm³/mol. The van der Waals surface area contributed by atoms with Crippen LogP contribution in [0.1, 0.15) is 23.2 Å². The number of fused-ring (bicyclic) bond motifs is 5. The number of carbonyl (C=O) groups excluding carboxylic acids is 1. The summed E-state index contributed by atoms with van der Waals surface area (Å²) in [4.78, 5) is 35.8. The van der Waals surface area contributed by atoms with Crippen LogP contribution in [0, 0.1) is 5.82 Å². The molecule has 0 bridgehead atoms. The molecule has 0 spiro atoms. The minimum absolute atomic E-state index is 0.0306. The van der Waals surface area contributed by atoms with E-state index in [0.717, 1.165) is 29.7 Å². The number of hydrogen-bond acceptors (Lipinski definition) is 7. The second-order valence-electron chi connectivity index (χ2n) is 8.56. The van der Waals surface area contributed by atoms with Crippen LogP contribution in [0.15, 0.2) is 35.1 Å². The molecule has 5 rings (SSSR count). The van der Waals surface area contributed by atoms with Gasteiger partial charge in [0.25, 0.3) is 5.91 Å². The van der Waals surface area contributed by atoms with Crippen LogP contribution in [0.25, 0.3) is 26.1 Å². The number of pyridine rings is 2. The molecule has 2 N–H and O–H groups in total. The lowest BCUT2D eigenvalue weighted by atomic mass is 10.1. The second kappa shape index (κ2) is 9.28. The summed E-state index contributed by atoms with van der Waals surface area (Å²) in [5.41, 5.74) is 0.574. The smallest absolute Gasteiger partial charge is 0.258 e. The first kappa shape index (κ1) is 22.7. The van der Waals surface area contributed by atoms with Crippen molar-refractivity contribution in [1.29, 1.82) is 0 Å². The van der Waals surface area contributed by atoms with Gasteiger partial charge in [-0.05, 0) is 44.6 Å². The number of amides is 1. The van der Waals surface area contributed by atoms with Crippen LogP contribution in [0.4, 0.5) is 10.2 Å². The molecule has 1 aromatic carbocycles. The number of rotatable bonds is 5. The summed E-state index contributed by atoms with van der Waals surface area (Å²) >= 11 is 1.33. The maximum Gasteiger partial charge on any atom is 0.258 e. The van der Waals surface area contributed by atoms with E-state index in [0.29, 0.717) is 30.0 Å². The molecule has 1 aliphatic heterocycles. The van der Waals surface area contributed by atoms with Gasteiger partial charge in [0.2, 0.25) is 5.43 Å². The number of para-hydroxylation sites is 1. The molecule has 1 aliphatic rings. The average molecular weight is 484 g/mol. The number of hydrogen-bond donors (Lipinski definition) is 2. The highest BCUT2D eigenvalue weighted by Gasteiger charge is 2.25. The van der Waals surface area contributed by atoms with Gasteiger partial charge in [-0.3, -0.25) is 14.0 Å². The van der Waals surface area contributed by atoms with Crippen molar-refractivity contribution in [2.45, 2.75) is 12.8 Å². The fourth-order valence-electron chi connectivity index (χ4n) is 4.45. The van der Waals surface area contributed by atoms with Crippen molar-refractivity contribution in [1.82, 2.24) is 19.6 Å². The van der Waals surface area contributed by atoms with E-state index in [2.05, 4.69) is 15.2 Å². The van der Waals surface area contributed by atoms with Crippen LogP contribution in [-0.2, 0) is 0 Å². The maximum absolute atomic E-state index is 15.3. The summed E-state index contributed by atoms with van der Waals surface area (Å²) in [6.07, 6.45) is 1.26. The lowest BCUT2D eigenvalue weighted by Crippen LogP contribution is -2.32. The van der Waals surface area contributed by atoms with E-state index in [-0.39, 0.29) is 29.9 Å². The zero-order chi connectivity index (χ0) is 23.8. The molecule has 0 aliphatic carbocycles. The number of carbonyl (C=O) groups is 1. The molecular weight excluding hydrogens is 457 g/mol. The number of aromatic nitrogens is 2. The van der Waals surface area contributed by atoms with Crippen molar-refractivity contribution in [3.8, 4) is 0 Å². The number of likely N-dealkylation sites (N-methyl/N-ethyl adjacent to an activating group) is 1. The van der Waals surface area contributed by atoms with E-state index in [1.807, 2.05) is 36.2 Å². The maximum atomic E-state index is 15.3. The quantitative estimate of drug-likeness (QED) is 0.424. The molecule has 178 valence electrons. The molecule has 10 heteroatoms. The standard InChI is InChI=1S/C24H26FN5O3S/c1-28-9-5-10-29(12-11-28)22-16(25)14-15-20(32)19(23(33)26-8-4-13-31)24-30(21(15)27-22)17-6-2-3-7-18(17)34-24/h2-3,6-7,14,31H,4-5,8-13H2,1H3,(H,26,33). The number of thiazole rings is 1. The largest absolute Gasteiger partial charge is 0.396 e. The number of nitrogens with one attached hydrogen (secondary N) is 1. The van der Waals surface area contributed by atoms with E-state index in [1.54, 1.807) is 4.40 Å². The first-order valence-corrected chi connectivity index (χ1v) is 12.2. The van der Waals surface area contributed by atoms with Gasteiger partial charge >= 0.3 is 0 Å². The highest BCUT2D eigenvalue weighted by Crippen LogP contribution is 2.32. The van der Waals surface area contributed by atoms with Crippen molar-refractivity contribution in [3.05, 3.63) is 51.9 Å². The highest BCUT2D eigenvalue weighted by molar-refractivity contribution is 7.24. The number of nitrogens with zero attached hydrogens (tertiary/aromatic N) is 4. The van der Waals surface area contributed by atoms with E-state index in [9.17, 15) is 9.59 Å². The van der Waals surface area contributed by atoms with Gasteiger partial charge in [-0.25, -0.2) is 9.37 Å². The Balaban J connectivity index is 1.77. The second-order valence-corrected chi connectivity index (χ2v) is 9.59. The molecule has 1 saturated heterocycles. The van der Waals surface area contributed by atoms with Crippen molar-refractivity contribution in [2.24, 2.45) is 0 Å². The van der Waals surface area contributed by atoms with Gasteiger partial charge in [0.05, 0.1) is 15.6 Å². The summed E-state index contributed by atoms with van der Waals surface area (Å²) in [5, 5.41) is 11.8. The fraction of sp³-hybridized carbons (Fsp3) is 0.375. The summed E-state index contributed by atoms with van der Waals surface area (Å²) in [6.45, 7) is 3.20. The fourth-order valence-corrected chi connectivity index (χ4v) is 5.63. The van der Waals surface area contributed by atoms with Gasteiger partial charge in [-0.1, -0.05) is 12.1 Å². The van der Waals surface area contributed by atoms with Crippen molar-refractivity contribution in [3.63, 3.8) is 0 Å². The summed E-state index contributed by atoms with van der Waals surface area (Å²) in [6, 6.07) is 8.83. The third-order valence-corrected chi connectivity index (χ3v) is 7.36. The van der Waals surface area contributed by atoms with E-state index in [1.165, 1.54) is 17.4 Å². The summed E-state index contributed by atoms with van der Waals surface area (Å²) in [7, 11) is 2.04. The molecule has 4 heterocycles. The molecular formula is C24H26FN5O3S. The number of benzene rings is 1. The molecule has 34 heavy (non-hydrogen) atoms. The van der Waals surface area contributed by atoms with Crippen LogP contribution in [-0.4, -0.2) is 71.7 Å². The Morgan fingerprint density at radius 2 is 2.06 bits per heavy atom. The molecule has 0 atom stereocenters. The zero-order valence-corrected chi connectivity index (χ0v) is 19.7. The Labute approximate surface area is 199 Å². The monoisotopic (exact) mass is 483 g/mol. The highest BCUT2D eigenvalue weighted by atomic mass is 32.1. The van der Waals surface area contributed by atoms with Crippen LogP contribution < -0.4 is 15.6 Å². The Morgan fingerprint density at radius 3 is 2.88 bits per heavy atom. The molecule has 8 nitrogen and oxygen atoms in total. The van der Waals surface area contributed by atoms with Crippen molar-refractivity contribution >= 4 is 49.1 Å². The van der Waals surface area contributed by atoms with Crippen molar-refractivity contribution < 1.29 is 14.3 Å². The molecule has 4 aromatic rings. The Hall–Kier alpha value is -3.08. The van der Waals surface area contributed by atoms with Crippen LogP contribution >= 0.6 is 11.3 Å². The molecule has 0 unspecified atom stereocenters. The topological polar surface area (TPSA) is 90.2 Å². The molecule has 0 radical (unpaired) electrons. The number of anilines is 1. The first-order chi connectivity index (χ1) is 16.5. The third-order valence-electron chi connectivity index (χ3n) is 6.22. The van der Waals surface area contributed by atoms with Crippen LogP contribution in [0.5, 0.6) is 0 Å². The molecule has 1 amide bonds. The van der Waals surface area contributed by atoms with E-state index < -0.39 is 17.2 Å². The van der Waals surface area contributed by atoms with Crippen LogP contribution in [0.2, 0.25) is 0 Å². The van der Waals surface area contributed by atoms with E-state index >= 15 is 4.39 Å². The van der Waals surface area contributed by atoms with Gasteiger partial charge in [0.1, 0.15) is 10.4 Å². The Morgan fingerprint density at radius 1 is 1.24 bits per heavy atom. The van der Waals surface area contributed by atoms with Gasteiger partial charge in [0.15, 0.2) is 17.3 Å². The number of aliphatic hydroxyl groups is 1. The minimum Gasteiger partial charge on any atom is -0.396 e. The summed E-state index contributed by atoms with van der Waals surface area (Å²) < 4.78 is 18.0. The first-order valence-electron chi connectivity index (χ1n) is 11.4. The van der Waals surface area contributed by atoms with Crippen molar-refractivity contribution in [2.75, 3.05) is 51.3 Å². The Kier molecular flexibility index (Phi) is 6.20.